The van der Waals surface area contributed by atoms with Crippen LogP contribution in [0.5, 0.6) is 11.5 Å². The van der Waals surface area contributed by atoms with Gasteiger partial charge in [-0.1, -0.05) is 0 Å². The van der Waals surface area contributed by atoms with E-state index in [1.807, 2.05) is 32.0 Å². The predicted molar refractivity (Wildman–Crippen MR) is 91.8 cm³/mol. The van der Waals surface area contributed by atoms with E-state index in [2.05, 4.69) is 15.0 Å². The van der Waals surface area contributed by atoms with Crippen LogP contribution in [-0.2, 0) is 0 Å². The molecule has 0 aliphatic rings. The Morgan fingerprint density at radius 2 is 2.04 bits per heavy atom. The van der Waals surface area contributed by atoms with Crippen molar-refractivity contribution in [3.63, 3.8) is 0 Å². The molecule has 0 bridgehead atoms. The van der Waals surface area contributed by atoms with Crippen molar-refractivity contribution in [3.05, 3.63) is 35.0 Å². The van der Waals surface area contributed by atoms with E-state index in [9.17, 15) is 4.79 Å². The summed E-state index contributed by atoms with van der Waals surface area (Å²) in [6.07, 6.45) is 0. The first-order valence-corrected chi connectivity index (χ1v) is 7.96. The van der Waals surface area contributed by atoms with Crippen molar-refractivity contribution in [1.82, 2.24) is 9.69 Å². The minimum Gasteiger partial charge on any atom is -0.497 e. The van der Waals surface area contributed by atoms with Crippen LogP contribution in [-0.4, -0.2) is 31.5 Å². The number of nitrogens with one attached hydrogen (secondary N) is 2. The number of anilines is 1. The Labute approximate surface area is 140 Å². The molecular formula is C16H21N3O3S. The highest BCUT2D eigenvalue weighted by Crippen LogP contribution is 2.30. The molecule has 0 aliphatic carbocycles. The van der Waals surface area contributed by atoms with Crippen molar-refractivity contribution in [3.8, 4) is 11.5 Å². The van der Waals surface area contributed by atoms with Crippen LogP contribution in [0, 0.1) is 6.92 Å². The molecule has 2 rings (SSSR count). The lowest BCUT2D eigenvalue weighted by molar-refractivity contribution is 0.0940. The lowest BCUT2D eigenvalue weighted by Crippen LogP contribution is -2.27. The van der Waals surface area contributed by atoms with Crippen molar-refractivity contribution in [2.45, 2.75) is 19.9 Å². The standard InChI is InChI=1S/C16H21N3O3S/c1-9(12-8-11(21-4)6-7-13(12)22-5)18-15(20)14-10(2)19-23-16(14)17-3/h6-9,17H,1-5H3,(H,18,20)/t9-/m0/s1. The number of hydrogen-bond acceptors (Lipinski definition) is 6. The summed E-state index contributed by atoms with van der Waals surface area (Å²) in [5.74, 6) is 1.25. The molecule has 0 aliphatic heterocycles. The number of benzene rings is 1. The summed E-state index contributed by atoms with van der Waals surface area (Å²) < 4.78 is 14.9. The molecule has 2 aromatic rings. The minimum atomic E-state index is -0.239. The molecule has 6 nitrogen and oxygen atoms in total. The summed E-state index contributed by atoms with van der Waals surface area (Å²) in [5, 5.41) is 6.75. The SMILES string of the molecule is CNc1snc(C)c1C(=O)N[C@@H](C)c1cc(OC)ccc1OC. The van der Waals surface area contributed by atoms with Crippen molar-refractivity contribution >= 4 is 22.4 Å². The Kier molecular flexibility index (Phi) is 5.44. The Morgan fingerprint density at radius 3 is 2.65 bits per heavy atom. The Morgan fingerprint density at radius 1 is 1.30 bits per heavy atom. The fourth-order valence-electron chi connectivity index (χ4n) is 2.33. The van der Waals surface area contributed by atoms with Crippen LogP contribution in [0.15, 0.2) is 18.2 Å². The third kappa shape index (κ3) is 3.56. The van der Waals surface area contributed by atoms with Crippen molar-refractivity contribution < 1.29 is 14.3 Å². The average molecular weight is 335 g/mol. The minimum absolute atomic E-state index is 0.169. The summed E-state index contributed by atoms with van der Waals surface area (Å²) in [5.41, 5.74) is 2.14. The number of methoxy groups -OCH3 is 2. The summed E-state index contributed by atoms with van der Waals surface area (Å²) in [7, 11) is 4.98. The molecule has 2 N–H and O–H groups in total. The van der Waals surface area contributed by atoms with Gasteiger partial charge in [0.15, 0.2) is 0 Å². The van der Waals surface area contributed by atoms with Crippen molar-refractivity contribution in [1.29, 1.82) is 0 Å². The normalized spacial score (nSPS) is 11.7. The van der Waals surface area contributed by atoms with Gasteiger partial charge < -0.3 is 20.1 Å². The van der Waals surface area contributed by atoms with E-state index in [0.717, 1.165) is 10.6 Å². The van der Waals surface area contributed by atoms with Crippen molar-refractivity contribution in [2.75, 3.05) is 26.6 Å². The van der Waals surface area contributed by atoms with E-state index in [1.165, 1.54) is 11.5 Å². The second-order valence-electron chi connectivity index (χ2n) is 5.03. The van der Waals surface area contributed by atoms with Gasteiger partial charge >= 0.3 is 0 Å². The third-order valence-electron chi connectivity index (χ3n) is 3.57. The van der Waals surface area contributed by atoms with Crippen LogP contribution >= 0.6 is 11.5 Å². The zero-order chi connectivity index (χ0) is 17.0. The lowest BCUT2D eigenvalue weighted by atomic mass is 10.1. The van der Waals surface area contributed by atoms with Gasteiger partial charge in [0.2, 0.25) is 0 Å². The van der Waals surface area contributed by atoms with E-state index in [4.69, 9.17) is 9.47 Å². The summed E-state index contributed by atoms with van der Waals surface area (Å²) in [6.45, 7) is 3.73. The number of amides is 1. The molecule has 124 valence electrons. The van der Waals surface area contributed by atoms with Crippen LogP contribution in [0.2, 0.25) is 0 Å². The second-order valence-corrected chi connectivity index (χ2v) is 5.80. The van der Waals surface area contributed by atoms with Gasteiger partial charge in [-0.15, -0.1) is 0 Å². The van der Waals surface area contributed by atoms with Gasteiger partial charge in [-0.2, -0.15) is 4.37 Å². The maximum absolute atomic E-state index is 12.6. The maximum atomic E-state index is 12.6. The van der Waals surface area contributed by atoms with E-state index in [0.29, 0.717) is 22.8 Å². The molecule has 0 unspecified atom stereocenters. The topological polar surface area (TPSA) is 72.5 Å². The van der Waals surface area contributed by atoms with Gasteiger partial charge in [-0.05, 0) is 43.6 Å². The molecule has 1 aromatic heterocycles. The van der Waals surface area contributed by atoms with Gasteiger partial charge in [-0.3, -0.25) is 4.79 Å². The smallest absolute Gasteiger partial charge is 0.256 e. The molecule has 0 saturated heterocycles. The fourth-order valence-corrected chi connectivity index (χ4v) is 3.07. The molecule has 0 fully saturated rings. The quantitative estimate of drug-likeness (QED) is 0.849. The highest BCUT2D eigenvalue weighted by atomic mass is 32.1. The molecule has 1 heterocycles. The number of hydrogen-bond donors (Lipinski definition) is 2. The van der Waals surface area contributed by atoms with E-state index < -0.39 is 0 Å². The highest BCUT2D eigenvalue weighted by Gasteiger charge is 2.21. The van der Waals surface area contributed by atoms with Crippen LogP contribution in [0.4, 0.5) is 5.00 Å². The number of aromatic nitrogens is 1. The number of carbonyl (C=O) groups is 1. The molecule has 1 amide bonds. The maximum Gasteiger partial charge on any atom is 0.256 e. The third-order valence-corrected chi connectivity index (χ3v) is 4.52. The number of aryl methyl sites for hydroxylation is 1. The molecule has 7 heteroatoms. The van der Waals surface area contributed by atoms with E-state index >= 15 is 0 Å². The molecule has 1 atom stereocenters. The molecule has 23 heavy (non-hydrogen) atoms. The number of rotatable bonds is 6. The van der Waals surface area contributed by atoms with E-state index in [1.54, 1.807) is 21.3 Å². The molecule has 1 aromatic carbocycles. The lowest BCUT2D eigenvalue weighted by Gasteiger charge is -2.18. The Bertz CT molecular complexity index is 700. The molecule has 0 spiro atoms. The van der Waals surface area contributed by atoms with Crippen LogP contribution in [0.25, 0.3) is 0 Å². The molecular weight excluding hydrogens is 314 g/mol. The summed E-state index contributed by atoms with van der Waals surface area (Å²) in [6, 6.07) is 5.27. The number of nitrogens with zero attached hydrogens (tertiary/aromatic N) is 1. The first-order valence-electron chi connectivity index (χ1n) is 7.18. The summed E-state index contributed by atoms with van der Waals surface area (Å²) >= 11 is 1.27. The van der Waals surface area contributed by atoms with Gasteiger partial charge in [0.05, 0.1) is 31.5 Å². The zero-order valence-electron chi connectivity index (χ0n) is 13.9. The second kappa shape index (κ2) is 7.32. The average Bonchev–Trinajstić information content (AvgIpc) is 2.94. The summed E-state index contributed by atoms with van der Waals surface area (Å²) in [4.78, 5) is 12.6. The van der Waals surface area contributed by atoms with Gasteiger partial charge in [0.25, 0.3) is 5.91 Å². The monoisotopic (exact) mass is 335 g/mol. The van der Waals surface area contributed by atoms with Crippen LogP contribution in [0.1, 0.15) is 34.6 Å². The van der Waals surface area contributed by atoms with Crippen LogP contribution < -0.4 is 20.1 Å². The number of carbonyl (C=O) groups excluding carboxylic acids is 1. The largest absolute Gasteiger partial charge is 0.497 e. The van der Waals surface area contributed by atoms with Gasteiger partial charge in [0.1, 0.15) is 16.5 Å². The molecule has 0 saturated carbocycles. The van der Waals surface area contributed by atoms with Crippen LogP contribution in [0.3, 0.4) is 0 Å². The first-order chi connectivity index (χ1) is 11.0. The van der Waals surface area contributed by atoms with Crippen molar-refractivity contribution in [2.24, 2.45) is 0 Å². The number of ether oxygens (including phenoxy) is 2. The van der Waals surface area contributed by atoms with Gasteiger partial charge in [0, 0.05) is 12.6 Å². The van der Waals surface area contributed by atoms with E-state index in [-0.39, 0.29) is 11.9 Å². The zero-order valence-corrected chi connectivity index (χ0v) is 14.7. The van der Waals surface area contributed by atoms with Gasteiger partial charge in [-0.25, -0.2) is 0 Å². The molecule has 0 radical (unpaired) electrons. The Balaban J connectivity index is 2.26. The predicted octanol–water partition coefficient (Wildman–Crippen LogP) is 3.00. The fraction of sp³-hybridized carbons (Fsp3) is 0.375. The Hall–Kier alpha value is -2.28. The first kappa shape index (κ1) is 17.1. The highest BCUT2D eigenvalue weighted by molar-refractivity contribution is 7.10.